The van der Waals surface area contributed by atoms with Crippen LogP contribution in [-0.4, -0.2) is 9.13 Å². The first kappa shape index (κ1) is 49.6. The van der Waals surface area contributed by atoms with Gasteiger partial charge >= 0.3 is 0 Å². The molecule has 2 heteroatoms. The number of aromatic nitrogens is 2. The molecule has 0 fully saturated rings. The third kappa shape index (κ3) is 7.16. The fourth-order valence-electron chi connectivity index (χ4n) is 16.1. The second kappa shape index (κ2) is 18.6. The van der Waals surface area contributed by atoms with Crippen LogP contribution in [0.3, 0.4) is 0 Å². The zero-order valence-electron chi connectivity index (χ0n) is 49.0. The number of hydrogen-bond donors (Lipinski definition) is 0. The zero-order chi connectivity index (χ0) is 57.8. The van der Waals surface area contributed by atoms with Crippen LogP contribution in [0.5, 0.6) is 0 Å². The van der Waals surface area contributed by atoms with Crippen LogP contribution in [0.25, 0.3) is 143 Å². The van der Waals surface area contributed by atoms with Gasteiger partial charge in [-0.25, -0.2) is 0 Å². The second-order valence-electron chi connectivity index (χ2n) is 24.6. The van der Waals surface area contributed by atoms with E-state index in [-0.39, 0.29) is 0 Å². The maximum Gasteiger partial charge on any atom is 0.0725 e. The lowest BCUT2D eigenvalue weighted by Gasteiger charge is -2.31. The monoisotopic (exact) mass is 1110 g/mol. The summed E-state index contributed by atoms with van der Waals surface area (Å²) in [6.07, 6.45) is 0. The molecule has 0 aliphatic heterocycles. The summed E-state index contributed by atoms with van der Waals surface area (Å²) in [6, 6.07) is 106. The van der Waals surface area contributed by atoms with E-state index in [9.17, 15) is 0 Å². The van der Waals surface area contributed by atoms with Crippen molar-refractivity contribution in [3.05, 3.63) is 324 Å². The van der Waals surface area contributed by atoms with Gasteiger partial charge in [0, 0.05) is 32.9 Å². The maximum absolute atomic E-state index is 2.55. The predicted octanol–water partition coefficient (Wildman–Crippen LogP) is 22.4. The van der Waals surface area contributed by atoms with Gasteiger partial charge in [0.2, 0.25) is 0 Å². The van der Waals surface area contributed by atoms with Crippen LogP contribution in [0, 0.1) is 27.7 Å². The fourth-order valence-corrected chi connectivity index (χ4v) is 16.1. The van der Waals surface area contributed by atoms with Crippen molar-refractivity contribution in [2.75, 3.05) is 0 Å². The third-order valence-electron chi connectivity index (χ3n) is 19.5. The summed E-state index contributed by atoms with van der Waals surface area (Å²) in [5.41, 5.74) is 32.1. The van der Waals surface area contributed by atoms with Gasteiger partial charge in [0.05, 0.1) is 27.5 Å². The molecule has 0 unspecified atom stereocenters. The quantitative estimate of drug-likeness (QED) is 0.157. The molecule has 2 nitrogen and oxygen atoms in total. The highest BCUT2D eigenvalue weighted by molar-refractivity contribution is 6.15. The lowest BCUT2D eigenvalue weighted by atomic mass is 9.70. The molecule has 2 heterocycles. The Kier molecular flexibility index (Phi) is 10.6. The van der Waals surface area contributed by atoms with Crippen molar-refractivity contribution in [1.82, 2.24) is 9.13 Å². The minimum atomic E-state index is -0.549. The first-order valence-electron chi connectivity index (χ1n) is 30.5. The Morgan fingerprint density at radius 3 is 0.885 bits per heavy atom. The molecule has 0 N–H and O–H groups in total. The van der Waals surface area contributed by atoms with Crippen molar-refractivity contribution in [1.29, 1.82) is 0 Å². The van der Waals surface area contributed by atoms with Crippen molar-refractivity contribution in [2.24, 2.45) is 0 Å². The molecular weight excluding hydrogens is 1050 g/mol. The summed E-state index contributed by atoms with van der Waals surface area (Å²) in [5, 5.41) is 10.0. The Hall–Kier alpha value is -10.8. The normalized spacial score (nSPS) is 12.9. The topological polar surface area (TPSA) is 9.86 Å². The Bertz CT molecular complexity index is 5250. The second-order valence-corrected chi connectivity index (χ2v) is 24.6. The average Bonchev–Trinajstić information content (AvgIpc) is 1.54. The van der Waals surface area contributed by atoms with Crippen LogP contribution in [0.4, 0.5) is 0 Å². The summed E-state index contributed by atoms with van der Waals surface area (Å²) in [7, 11) is 0. The van der Waals surface area contributed by atoms with Crippen LogP contribution in [0.2, 0.25) is 0 Å². The molecule has 87 heavy (non-hydrogen) atoms. The largest absolute Gasteiger partial charge is 0.309 e. The molecule has 2 aliphatic rings. The van der Waals surface area contributed by atoms with Gasteiger partial charge in [0.15, 0.2) is 0 Å². The molecule has 14 aromatic carbocycles. The Balaban J connectivity index is 0.778. The van der Waals surface area contributed by atoms with E-state index in [0.29, 0.717) is 0 Å². The smallest absolute Gasteiger partial charge is 0.0725 e. The van der Waals surface area contributed by atoms with Gasteiger partial charge in [-0.2, -0.15) is 0 Å². The molecule has 408 valence electrons. The lowest BCUT2D eigenvalue weighted by molar-refractivity contribution is 0.794. The third-order valence-corrected chi connectivity index (χ3v) is 19.5. The molecule has 16 aromatic rings. The lowest BCUT2D eigenvalue weighted by Crippen LogP contribution is -2.26. The van der Waals surface area contributed by atoms with Crippen molar-refractivity contribution in [3.8, 4) is 78.1 Å². The molecule has 18 rings (SSSR count). The van der Waals surface area contributed by atoms with Gasteiger partial charge in [-0.05, 0) is 233 Å². The molecule has 2 aromatic heterocycles. The molecule has 2 aliphatic carbocycles. The number of fused-ring (bicyclic) bond motifs is 18. The highest BCUT2D eigenvalue weighted by Gasteiger charge is 2.52. The summed E-state index contributed by atoms with van der Waals surface area (Å²) >= 11 is 0. The maximum atomic E-state index is 2.55. The highest BCUT2D eigenvalue weighted by atomic mass is 15.0. The molecule has 0 bridgehead atoms. The molecule has 0 amide bonds. The number of rotatable bonds is 6. The van der Waals surface area contributed by atoms with E-state index >= 15 is 0 Å². The van der Waals surface area contributed by atoms with Crippen LogP contribution >= 0.6 is 0 Å². The van der Waals surface area contributed by atoms with Gasteiger partial charge in [0.1, 0.15) is 0 Å². The highest BCUT2D eigenvalue weighted by Crippen LogP contribution is 2.64. The molecule has 0 saturated heterocycles. The molecule has 0 atom stereocenters. The first-order valence-corrected chi connectivity index (χ1v) is 30.5. The SMILES string of the molecule is Cc1cc(C)cc(-n2c3ccccc3c3cc(-c4ccc(-c5ccc6c(c5)C5(c7ccccc7-c7ccccc75)c5cc(-c7ccc(-c8ccc9c(c8)c8ccccc8n9-c8cc(C)cc(C)c8)c8ccccc78)ccc5-6)c5ccccc45)ccc32)c1. The number of benzene rings is 14. The predicted molar refractivity (Wildman–Crippen MR) is 367 cm³/mol. The van der Waals surface area contributed by atoms with E-state index in [0.717, 1.165) is 0 Å². The number of aryl methyl sites for hydroxylation is 4. The molecule has 1 spiro atoms. The summed E-state index contributed by atoms with van der Waals surface area (Å²) in [6.45, 7) is 8.76. The van der Waals surface area contributed by atoms with E-state index in [4.69, 9.17) is 0 Å². The van der Waals surface area contributed by atoms with Gasteiger partial charge in [-0.3, -0.25) is 0 Å². The van der Waals surface area contributed by atoms with E-state index in [1.807, 2.05) is 0 Å². The van der Waals surface area contributed by atoms with Crippen LogP contribution in [0.15, 0.2) is 279 Å². The van der Waals surface area contributed by atoms with Crippen molar-refractivity contribution < 1.29 is 0 Å². The van der Waals surface area contributed by atoms with E-state index < -0.39 is 5.41 Å². The standard InChI is InChI=1S/C85H58N2/c1-51-41-52(2)44-59(43-51)86-81-27-15-11-23-73(81)75-47-55(31-39-83(75)86)61-35-37-63(67-19-7-5-17-65(61)67)57-29-33-71-72-34-30-58(50-80(72)85(79(71)49-57)77-25-13-9-21-69(77)70-22-10-14-26-78(70)85)64-38-36-62(66-18-6-8-20-68(64)66)56-32-40-84-76(48-56)74-24-12-16-28-82(74)87(84)60-45-53(3)42-54(4)46-60/h5-50H,1-4H3. The minimum absolute atomic E-state index is 0.549. The molecule has 0 radical (unpaired) electrons. The van der Waals surface area contributed by atoms with Crippen molar-refractivity contribution >= 4 is 65.2 Å². The number of para-hydroxylation sites is 2. The average molecular weight is 1110 g/mol. The Morgan fingerprint density at radius 1 is 0.207 bits per heavy atom. The molecule has 0 saturated carbocycles. The van der Waals surface area contributed by atoms with Gasteiger partial charge in [-0.1, -0.05) is 206 Å². The van der Waals surface area contributed by atoms with E-state index in [1.165, 1.54) is 188 Å². The number of nitrogens with zero attached hydrogens (tertiary/aromatic N) is 2. The zero-order valence-corrected chi connectivity index (χ0v) is 49.0. The summed E-state index contributed by atoms with van der Waals surface area (Å²) < 4.78 is 4.87. The Morgan fingerprint density at radius 2 is 0.494 bits per heavy atom. The van der Waals surface area contributed by atoms with Crippen molar-refractivity contribution in [2.45, 2.75) is 33.1 Å². The summed E-state index contributed by atoms with van der Waals surface area (Å²) in [4.78, 5) is 0. The van der Waals surface area contributed by atoms with Crippen molar-refractivity contribution in [3.63, 3.8) is 0 Å². The Labute approximate surface area is 506 Å². The van der Waals surface area contributed by atoms with Gasteiger partial charge < -0.3 is 9.13 Å². The van der Waals surface area contributed by atoms with Crippen LogP contribution in [-0.2, 0) is 5.41 Å². The number of hydrogen-bond acceptors (Lipinski definition) is 0. The first-order chi connectivity index (χ1) is 42.8. The van der Waals surface area contributed by atoms with E-state index in [2.05, 4.69) is 316 Å². The minimum Gasteiger partial charge on any atom is -0.309 e. The molecular formula is C85H58N2. The van der Waals surface area contributed by atoms with Gasteiger partial charge in [0.25, 0.3) is 0 Å². The van der Waals surface area contributed by atoms with Gasteiger partial charge in [-0.15, -0.1) is 0 Å². The van der Waals surface area contributed by atoms with Crippen LogP contribution < -0.4 is 0 Å². The van der Waals surface area contributed by atoms with E-state index in [1.54, 1.807) is 0 Å². The fraction of sp³-hybridized carbons (Fsp3) is 0.0588. The van der Waals surface area contributed by atoms with Crippen LogP contribution in [0.1, 0.15) is 44.5 Å². The summed E-state index contributed by atoms with van der Waals surface area (Å²) in [5.74, 6) is 0.